The minimum absolute atomic E-state index is 0.351. The van der Waals surface area contributed by atoms with E-state index in [9.17, 15) is 9.18 Å². The lowest BCUT2D eigenvalue weighted by Gasteiger charge is -2.06. The zero-order valence-electron chi connectivity index (χ0n) is 8.63. The van der Waals surface area contributed by atoms with Gasteiger partial charge in [-0.15, -0.1) is 0 Å². The van der Waals surface area contributed by atoms with E-state index < -0.39 is 17.3 Å². The fourth-order valence-corrected chi connectivity index (χ4v) is 1.26. The van der Waals surface area contributed by atoms with Gasteiger partial charge in [0.15, 0.2) is 5.82 Å². The summed E-state index contributed by atoms with van der Waals surface area (Å²) in [6.07, 6.45) is 1.19. The number of aromatic carboxylic acids is 1. The maximum absolute atomic E-state index is 13.6. The third-order valence-corrected chi connectivity index (χ3v) is 2.05. The summed E-state index contributed by atoms with van der Waals surface area (Å²) in [6.45, 7) is 0. The van der Waals surface area contributed by atoms with Crippen molar-refractivity contribution in [1.82, 2.24) is 4.98 Å². The predicted molar refractivity (Wildman–Crippen MR) is 57.7 cm³/mol. The number of halogens is 1. The highest BCUT2D eigenvalue weighted by atomic mass is 19.1. The third-order valence-electron chi connectivity index (χ3n) is 2.05. The molecular weight excluding hydrogens is 225 g/mol. The second-order valence-electron chi connectivity index (χ2n) is 3.20. The SMILES string of the molecule is O=C(O)c1ccnc(Oc2ccccc2)c1F. The molecule has 5 heteroatoms. The maximum atomic E-state index is 13.6. The molecule has 86 valence electrons. The highest BCUT2D eigenvalue weighted by Crippen LogP contribution is 2.23. The Balaban J connectivity index is 2.34. The van der Waals surface area contributed by atoms with Crippen molar-refractivity contribution in [1.29, 1.82) is 0 Å². The molecule has 2 rings (SSSR count). The lowest BCUT2D eigenvalue weighted by atomic mass is 10.2. The first-order valence-corrected chi connectivity index (χ1v) is 4.79. The minimum atomic E-state index is -1.36. The van der Waals surface area contributed by atoms with E-state index in [1.165, 1.54) is 6.20 Å². The van der Waals surface area contributed by atoms with Crippen LogP contribution in [-0.2, 0) is 0 Å². The molecule has 0 unspecified atom stereocenters. The van der Waals surface area contributed by atoms with Crippen LogP contribution >= 0.6 is 0 Å². The first kappa shape index (κ1) is 11.1. The normalized spacial score (nSPS) is 9.94. The number of aromatic nitrogens is 1. The van der Waals surface area contributed by atoms with Gasteiger partial charge in [-0.1, -0.05) is 18.2 Å². The van der Waals surface area contributed by atoms with Crippen LogP contribution in [0, 0.1) is 5.82 Å². The average Bonchev–Trinajstić information content (AvgIpc) is 2.33. The number of pyridine rings is 1. The van der Waals surface area contributed by atoms with Crippen LogP contribution < -0.4 is 4.74 Å². The monoisotopic (exact) mass is 233 g/mol. The van der Waals surface area contributed by atoms with Gasteiger partial charge in [0, 0.05) is 6.20 Å². The highest BCUT2D eigenvalue weighted by Gasteiger charge is 2.16. The quantitative estimate of drug-likeness (QED) is 0.885. The lowest BCUT2D eigenvalue weighted by Crippen LogP contribution is -2.03. The summed E-state index contributed by atoms with van der Waals surface area (Å²) in [4.78, 5) is 14.4. The van der Waals surface area contributed by atoms with Crippen molar-refractivity contribution < 1.29 is 19.0 Å². The number of carboxylic acids is 1. The van der Waals surface area contributed by atoms with Crippen LogP contribution in [0.25, 0.3) is 0 Å². The number of para-hydroxylation sites is 1. The van der Waals surface area contributed by atoms with Crippen molar-refractivity contribution in [3.05, 3.63) is 54.0 Å². The summed E-state index contributed by atoms with van der Waals surface area (Å²) in [5.41, 5.74) is -0.467. The Morgan fingerprint density at radius 1 is 1.24 bits per heavy atom. The number of nitrogens with zero attached hydrogens (tertiary/aromatic N) is 1. The minimum Gasteiger partial charge on any atom is -0.478 e. The average molecular weight is 233 g/mol. The molecule has 4 nitrogen and oxygen atoms in total. The van der Waals surface area contributed by atoms with Gasteiger partial charge in [-0.05, 0) is 18.2 Å². The summed E-state index contributed by atoms with van der Waals surface area (Å²) in [5, 5.41) is 8.73. The van der Waals surface area contributed by atoms with Gasteiger partial charge in [-0.25, -0.2) is 14.2 Å². The standard InChI is InChI=1S/C12H8FNO3/c13-10-9(12(15)16)6-7-14-11(10)17-8-4-2-1-3-5-8/h1-7H,(H,15,16). The van der Waals surface area contributed by atoms with Gasteiger partial charge in [0.25, 0.3) is 5.88 Å². The fraction of sp³-hybridized carbons (Fsp3) is 0. The molecule has 1 aromatic carbocycles. The van der Waals surface area contributed by atoms with Crippen molar-refractivity contribution >= 4 is 5.97 Å². The van der Waals surface area contributed by atoms with Crippen LogP contribution in [0.1, 0.15) is 10.4 Å². The summed E-state index contributed by atoms with van der Waals surface area (Å²) in [5.74, 6) is -2.30. The Bertz CT molecular complexity index is 543. The van der Waals surface area contributed by atoms with Crippen molar-refractivity contribution in [3.63, 3.8) is 0 Å². The smallest absolute Gasteiger partial charge is 0.338 e. The Labute approximate surface area is 96.3 Å². The van der Waals surface area contributed by atoms with Crippen LogP contribution in [0.4, 0.5) is 4.39 Å². The Kier molecular flexibility index (Phi) is 3.00. The molecule has 0 aliphatic rings. The van der Waals surface area contributed by atoms with Gasteiger partial charge < -0.3 is 9.84 Å². The predicted octanol–water partition coefficient (Wildman–Crippen LogP) is 2.71. The summed E-state index contributed by atoms with van der Waals surface area (Å²) >= 11 is 0. The number of hydrogen-bond acceptors (Lipinski definition) is 3. The number of hydrogen-bond donors (Lipinski definition) is 1. The number of carbonyl (C=O) groups is 1. The molecule has 2 aromatic rings. The first-order chi connectivity index (χ1) is 8.18. The second-order valence-corrected chi connectivity index (χ2v) is 3.20. The topological polar surface area (TPSA) is 59.4 Å². The van der Waals surface area contributed by atoms with E-state index in [4.69, 9.17) is 9.84 Å². The number of ether oxygens (including phenoxy) is 1. The van der Waals surface area contributed by atoms with Gasteiger partial charge in [0.1, 0.15) is 11.3 Å². The Morgan fingerprint density at radius 2 is 1.94 bits per heavy atom. The molecule has 0 atom stereocenters. The molecule has 0 aliphatic carbocycles. The van der Waals surface area contributed by atoms with Gasteiger partial charge in [-0.2, -0.15) is 0 Å². The second kappa shape index (κ2) is 4.61. The Morgan fingerprint density at radius 3 is 2.59 bits per heavy atom. The van der Waals surface area contributed by atoms with Crippen LogP contribution in [0.2, 0.25) is 0 Å². The summed E-state index contributed by atoms with van der Waals surface area (Å²) in [7, 11) is 0. The molecule has 1 aromatic heterocycles. The summed E-state index contributed by atoms with van der Waals surface area (Å²) in [6, 6.07) is 9.53. The molecule has 0 fully saturated rings. The van der Waals surface area contributed by atoms with Crippen LogP contribution in [0.15, 0.2) is 42.6 Å². The van der Waals surface area contributed by atoms with E-state index in [-0.39, 0.29) is 5.88 Å². The van der Waals surface area contributed by atoms with Gasteiger partial charge in [-0.3, -0.25) is 0 Å². The van der Waals surface area contributed by atoms with Crippen molar-refractivity contribution in [2.45, 2.75) is 0 Å². The van der Waals surface area contributed by atoms with E-state index in [0.29, 0.717) is 5.75 Å². The van der Waals surface area contributed by atoms with Gasteiger partial charge in [0.05, 0.1) is 0 Å². The summed E-state index contributed by atoms with van der Waals surface area (Å²) < 4.78 is 18.8. The van der Waals surface area contributed by atoms with Gasteiger partial charge >= 0.3 is 5.97 Å². The van der Waals surface area contributed by atoms with Crippen LogP contribution in [-0.4, -0.2) is 16.1 Å². The molecule has 0 saturated heterocycles. The zero-order valence-corrected chi connectivity index (χ0v) is 8.63. The van der Waals surface area contributed by atoms with E-state index in [0.717, 1.165) is 6.07 Å². The molecule has 1 N–H and O–H groups in total. The number of carboxylic acid groups (broad SMARTS) is 1. The maximum Gasteiger partial charge on any atom is 0.338 e. The first-order valence-electron chi connectivity index (χ1n) is 4.79. The van der Waals surface area contributed by atoms with Gasteiger partial charge in [0.2, 0.25) is 0 Å². The molecule has 17 heavy (non-hydrogen) atoms. The molecular formula is C12H8FNO3. The molecule has 0 spiro atoms. The van der Waals surface area contributed by atoms with Crippen LogP contribution in [0.3, 0.4) is 0 Å². The molecule has 0 aliphatic heterocycles. The molecule has 0 radical (unpaired) electrons. The Hall–Kier alpha value is -2.43. The number of benzene rings is 1. The molecule has 0 amide bonds. The van der Waals surface area contributed by atoms with Crippen molar-refractivity contribution in [2.75, 3.05) is 0 Å². The number of rotatable bonds is 3. The van der Waals surface area contributed by atoms with Crippen molar-refractivity contribution in [2.24, 2.45) is 0 Å². The lowest BCUT2D eigenvalue weighted by molar-refractivity contribution is 0.0690. The van der Waals surface area contributed by atoms with E-state index >= 15 is 0 Å². The largest absolute Gasteiger partial charge is 0.478 e. The fourth-order valence-electron chi connectivity index (χ4n) is 1.26. The van der Waals surface area contributed by atoms with Crippen molar-refractivity contribution in [3.8, 4) is 11.6 Å². The zero-order chi connectivity index (χ0) is 12.3. The molecule has 0 saturated carbocycles. The molecule has 1 heterocycles. The van der Waals surface area contributed by atoms with Crippen LogP contribution in [0.5, 0.6) is 11.6 Å². The van der Waals surface area contributed by atoms with E-state index in [1.807, 2.05) is 0 Å². The third kappa shape index (κ3) is 2.39. The van der Waals surface area contributed by atoms with E-state index in [1.54, 1.807) is 30.3 Å². The van der Waals surface area contributed by atoms with E-state index in [2.05, 4.69) is 4.98 Å². The highest BCUT2D eigenvalue weighted by molar-refractivity contribution is 5.88. The molecule has 0 bridgehead atoms.